The normalized spacial score (nSPS) is 16.7. The number of aryl methyl sites for hydroxylation is 1. The highest BCUT2D eigenvalue weighted by Crippen LogP contribution is 2.19. The van der Waals surface area contributed by atoms with Crippen LogP contribution in [0.4, 0.5) is 0 Å². The summed E-state index contributed by atoms with van der Waals surface area (Å²) in [5.74, 6) is 0.00478. The summed E-state index contributed by atoms with van der Waals surface area (Å²) in [6.45, 7) is 1.12. The predicted molar refractivity (Wildman–Crippen MR) is 89.0 cm³/mol. The van der Waals surface area contributed by atoms with Crippen molar-refractivity contribution in [2.75, 3.05) is 13.1 Å². The maximum Gasteiger partial charge on any atom is 0.255 e. The molecule has 0 radical (unpaired) electrons. The Kier molecular flexibility index (Phi) is 4.56. The smallest absolute Gasteiger partial charge is 0.255 e. The van der Waals surface area contributed by atoms with Crippen molar-refractivity contribution in [1.82, 2.24) is 14.2 Å². The quantitative estimate of drug-likeness (QED) is 0.909. The number of aromatic nitrogens is 1. The zero-order chi connectivity index (χ0) is 16.4. The number of amides is 1. The van der Waals surface area contributed by atoms with Gasteiger partial charge >= 0.3 is 0 Å². The summed E-state index contributed by atoms with van der Waals surface area (Å²) < 4.78 is 29.4. The van der Waals surface area contributed by atoms with Crippen LogP contribution in [0.5, 0.6) is 0 Å². The van der Waals surface area contributed by atoms with E-state index in [1.807, 2.05) is 17.8 Å². The monoisotopic (exact) mass is 353 g/mol. The lowest BCUT2D eigenvalue weighted by Crippen LogP contribution is -2.46. The second-order valence-electron chi connectivity index (χ2n) is 5.69. The summed E-state index contributed by atoms with van der Waals surface area (Å²) in [6, 6.07) is 5.00. The third-order valence-electron chi connectivity index (χ3n) is 3.94. The fourth-order valence-corrected chi connectivity index (χ4v) is 5.02. The van der Waals surface area contributed by atoms with Crippen LogP contribution in [0.15, 0.2) is 40.2 Å². The molecule has 3 heterocycles. The maximum absolute atomic E-state index is 12.4. The molecule has 124 valence electrons. The fourth-order valence-electron chi connectivity index (χ4n) is 2.71. The third kappa shape index (κ3) is 3.65. The first-order valence-electron chi connectivity index (χ1n) is 7.43. The Morgan fingerprint density at radius 3 is 2.61 bits per heavy atom. The Morgan fingerprint density at radius 1 is 1.30 bits per heavy atom. The molecule has 8 heteroatoms. The minimum Gasteiger partial charge on any atom is -0.356 e. The number of likely N-dealkylation sites (tertiary alicyclic amines) is 1. The zero-order valence-corrected chi connectivity index (χ0v) is 14.4. The molecule has 1 aliphatic heterocycles. The van der Waals surface area contributed by atoms with E-state index < -0.39 is 10.0 Å². The number of hydrogen-bond acceptors (Lipinski definition) is 4. The highest BCUT2D eigenvalue weighted by atomic mass is 32.2. The van der Waals surface area contributed by atoms with E-state index in [1.54, 1.807) is 34.7 Å². The number of thiophene rings is 1. The summed E-state index contributed by atoms with van der Waals surface area (Å²) >= 11 is 1.21. The Bertz CT molecular complexity index is 773. The Hall–Kier alpha value is -1.64. The van der Waals surface area contributed by atoms with Gasteiger partial charge < -0.3 is 9.47 Å². The van der Waals surface area contributed by atoms with Crippen molar-refractivity contribution in [3.8, 4) is 0 Å². The van der Waals surface area contributed by atoms with Crippen molar-refractivity contribution >= 4 is 27.3 Å². The Balaban J connectivity index is 1.57. The van der Waals surface area contributed by atoms with Crippen molar-refractivity contribution in [1.29, 1.82) is 0 Å². The lowest BCUT2D eigenvalue weighted by atomic mass is 10.1. The van der Waals surface area contributed by atoms with Gasteiger partial charge in [0, 0.05) is 38.6 Å². The summed E-state index contributed by atoms with van der Waals surface area (Å²) in [7, 11) is -1.56. The molecule has 1 N–H and O–H groups in total. The van der Waals surface area contributed by atoms with Crippen LogP contribution in [0.3, 0.4) is 0 Å². The number of carbonyl (C=O) groups excluding carboxylic acids is 1. The topological polar surface area (TPSA) is 71.4 Å². The van der Waals surface area contributed by atoms with E-state index in [0.29, 0.717) is 35.7 Å². The molecular weight excluding hydrogens is 334 g/mol. The van der Waals surface area contributed by atoms with E-state index in [4.69, 9.17) is 0 Å². The van der Waals surface area contributed by atoms with Gasteiger partial charge in [0.05, 0.1) is 5.56 Å². The SMILES string of the molecule is Cn1ccc(C(=O)N2CCC(NS(=O)(=O)c3cccs3)CC2)c1. The minimum atomic E-state index is -3.44. The molecular formula is C15H19N3O3S2. The molecule has 3 rings (SSSR count). The lowest BCUT2D eigenvalue weighted by Gasteiger charge is -2.32. The molecule has 0 saturated carbocycles. The zero-order valence-electron chi connectivity index (χ0n) is 12.8. The molecule has 0 unspecified atom stereocenters. The van der Waals surface area contributed by atoms with Gasteiger partial charge in [0.2, 0.25) is 10.0 Å². The maximum atomic E-state index is 12.4. The number of carbonyl (C=O) groups is 1. The summed E-state index contributed by atoms with van der Waals surface area (Å²) in [5.41, 5.74) is 0.671. The highest BCUT2D eigenvalue weighted by Gasteiger charge is 2.27. The van der Waals surface area contributed by atoms with Crippen molar-refractivity contribution in [3.05, 3.63) is 41.5 Å². The van der Waals surface area contributed by atoms with E-state index in [-0.39, 0.29) is 11.9 Å². The molecule has 0 spiro atoms. The van der Waals surface area contributed by atoms with Crippen LogP contribution in [0.1, 0.15) is 23.2 Å². The van der Waals surface area contributed by atoms with Crippen LogP contribution >= 0.6 is 11.3 Å². The van der Waals surface area contributed by atoms with Gasteiger partial charge in [-0.25, -0.2) is 13.1 Å². The highest BCUT2D eigenvalue weighted by molar-refractivity contribution is 7.91. The first-order valence-corrected chi connectivity index (χ1v) is 9.79. The average Bonchev–Trinajstić information content (AvgIpc) is 3.18. The van der Waals surface area contributed by atoms with Crippen molar-refractivity contribution in [2.45, 2.75) is 23.1 Å². The molecule has 0 aromatic carbocycles. The first-order chi connectivity index (χ1) is 11.0. The molecule has 2 aromatic rings. The van der Waals surface area contributed by atoms with Gasteiger partial charge in [0.25, 0.3) is 5.91 Å². The van der Waals surface area contributed by atoms with Crippen molar-refractivity contribution in [3.63, 3.8) is 0 Å². The molecule has 1 fully saturated rings. The van der Waals surface area contributed by atoms with Crippen molar-refractivity contribution in [2.24, 2.45) is 7.05 Å². The minimum absolute atomic E-state index is 0.00478. The second-order valence-corrected chi connectivity index (χ2v) is 8.57. The van der Waals surface area contributed by atoms with Crippen LogP contribution in [0.25, 0.3) is 0 Å². The number of piperidine rings is 1. The van der Waals surface area contributed by atoms with Crippen LogP contribution in [-0.4, -0.2) is 42.9 Å². The number of rotatable bonds is 4. The second kappa shape index (κ2) is 6.46. The molecule has 1 saturated heterocycles. The molecule has 0 atom stereocenters. The fraction of sp³-hybridized carbons (Fsp3) is 0.400. The molecule has 0 aliphatic carbocycles. The van der Waals surface area contributed by atoms with Crippen LogP contribution in [-0.2, 0) is 17.1 Å². The number of hydrogen-bond donors (Lipinski definition) is 1. The van der Waals surface area contributed by atoms with E-state index in [9.17, 15) is 13.2 Å². The molecule has 6 nitrogen and oxygen atoms in total. The molecule has 0 bridgehead atoms. The summed E-state index contributed by atoms with van der Waals surface area (Å²) in [4.78, 5) is 14.2. The van der Waals surface area contributed by atoms with Gasteiger partial charge in [0.1, 0.15) is 4.21 Å². The van der Waals surface area contributed by atoms with Crippen LogP contribution in [0.2, 0.25) is 0 Å². The van der Waals surface area contributed by atoms with E-state index in [1.165, 1.54) is 11.3 Å². The first kappa shape index (κ1) is 16.2. The van der Waals surface area contributed by atoms with Gasteiger partial charge in [-0.2, -0.15) is 0 Å². The van der Waals surface area contributed by atoms with E-state index in [2.05, 4.69) is 4.72 Å². The number of nitrogens with one attached hydrogen (secondary N) is 1. The standard InChI is InChI=1S/C15H19N3O3S2/c1-17-7-4-12(11-17)15(19)18-8-5-13(6-9-18)16-23(20,21)14-3-2-10-22-14/h2-4,7,10-11,13,16H,5-6,8-9H2,1H3. The average molecular weight is 353 g/mol. The summed E-state index contributed by atoms with van der Waals surface area (Å²) in [6.07, 6.45) is 4.90. The van der Waals surface area contributed by atoms with Crippen LogP contribution < -0.4 is 4.72 Å². The number of sulfonamides is 1. The van der Waals surface area contributed by atoms with Gasteiger partial charge in [-0.1, -0.05) is 6.07 Å². The number of nitrogens with zero attached hydrogens (tertiary/aromatic N) is 2. The lowest BCUT2D eigenvalue weighted by molar-refractivity contribution is 0.0711. The van der Waals surface area contributed by atoms with E-state index in [0.717, 1.165) is 0 Å². The Labute approximate surface area is 139 Å². The molecule has 1 aliphatic rings. The van der Waals surface area contributed by atoms with Gasteiger partial charge in [0.15, 0.2) is 0 Å². The van der Waals surface area contributed by atoms with Gasteiger partial charge in [-0.05, 0) is 30.4 Å². The van der Waals surface area contributed by atoms with Gasteiger partial charge in [-0.3, -0.25) is 4.79 Å². The third-order valence-corrected chi connectivity index (χ3v) is 6.86. The largest absolute Gasteiger partial charge is 0.356 e. The Morgan fingerprint density at radius 2 is 2.04 bits per heavy atom. The van der Waals surface area contributed by atoms with Gasteiger partial charge in [-0.15, -0.1) is 11.3 Å². The molecule has 23 heavy (non-hydrogen) atoms. The summed E-state index contributed by atoms with van der Waals surface area (Å²) in [5, 5.41) is 1.75. The molecule has 2 aromatic heterocycles. The molecule has 1 amide bonds. The van der Waals surface area contributed by atoms with Crippen LogP contribution in [0, 0.1) is 0 Å². The van der Waals surface area contributed by atoms with E-state index >= 15 is 0 Å². The predicted octanol–water partition coefficient (Wildman–Crippen LogP) is 1.67. The van der Waals surface area contributed by atoms with Crippen molar-refractivity contribution < 1.29 is 13.2 Å².